The highest BCUT2D eigenvalue weighted by atomic mass is 35.5. The number of pyridine rings is 1. The molecule has 19 heavy (non-hydrogen) atoms. The van der Waals surface area contributed by atoms with Crippen LogP contribution in [0.5, 0.6) is 0 Å². The zero-order valence-electron chi connectivity index (χ0n) is 10.2. The third-order valence-electron chi connectivity index (χ3n) is 2.79. The number of carbonyl (C=O) groups excluding carboxylic acids is 1. The third kappa shape index (κ3) is 2.99. The average Bonchev–Trinajstić information content (AvgIpc) is 2.38. The lowest BCUT2D eigenvalue weighted by Crippen LogP contribution is -2.44. The minimum Gasteiger partial charge on any atom is -0.375 e. The van der Waals surface area contributed by atoms with Crippen LogP contribution >= 0.6 is 11.6 Å². The number of ether oxygens (including phenoxy) is 1. The van der Waals surface area contributed by atoms with E-state index < -0.39 is 4.92 Å². The normalized spacial score (nSPS) is 19.3. The predicted octanol–water partition coefficient (Wildman–Crippen LogP) is 1.50. The Hall–Kier alpha value is -1.73. The maximum absolute atomic E-state index is 12.3. The Kier molecular flexibility index (Phi) is 3.96. The standard InChI is InChI=1S/C11H12ClN3O4/c1-7-6-14(2-3-19-7)11(16)9-4-8(15(17)18)5-13-10(9)12/h4-5,7H,2-3,6H2,1H3. The SMILES string of the molecule is CC1CN(C(=O)c2cc([N+](=O)[O-])cnc2Cl)CCO1. The molecule has 1 unspecified atom stereocenters. The Labute approximate surface area is 114 Å². The van der Waals surface area contributed by atoms with E-state index in [9.17, 15) is 14.9 Å². The fourth-order valence-electron chi connectivity index (χ4n) is 1.86. The van der Waals surface area contributed by atoms with Crippen LogP contribution in [-0.4, -0.2) is 46.5 Å². The van der Waals surface area contributed by atoms with E-state index >= 15 is 0 Å². The number of carbonyl (C=O) groups is 1. The quantitative estimate of drug-likeness (QED) is 0.467. The van der Waals surface area contributed by atoms with Crippen LogP contribution in [-0.2, 0) is 4.74 Å². The van der Waals surface area contributed by atoms with Gasteiger partial charge in [0.15, 0.2) is 0 Å². The van der Waals surface area contributed by atoms with Crippen molar-refractivity contribution < 1.29 is 14.5 Å². The van der Waals surface area contributed by atoms with Crippen LogP contribution in [0.4, 0.5) is 5.69 Å². The fourth-order valence-corrected chi connectivity index (χ4v) is 2.04. The molecule has 1 aliphatic rings. The van der Waals surface area contributed by atoms with Gasteiger partial charge in [-0.3, -0.25) is 14.9 Å². The molecule has 0 bridgehead atoms. The van der Waals surface area contributed by atoms with Gasteiger partial charge < -0.3 is 9.64 Å². The largest absolute Gasteiger partial charge is 0.375 e. The Morgan fingerprint density at radius 1 is 1.68 bits per heavy atom. The highest BCUT2D eigenvalue weighted by Crippen LogP contribution is 2.21. The fraction of sp³-hybridized carbons (Fsp3) is 0.455. The second-order valence-electron chi connectivity index (χ2n) is 4.22. The lowest BCUT2D eigenvalue weighted by Gasteiger charge is -2.31. The molecule has 1 aliphatic heterocycles. The first-order valence-electron chi connectivity index (χ1n) is 5.70. The summed E-state index contributed by atoms with van der Waals surface area (Å²) >= 11 is 5.84. The molecular formula is C11H12ClN3O4. The van der Waals surface area contributed by atoms with E-state index in [0.717, 1.165) is 12.3 Å². The number of hydrogen-bond acceptors (Lipinski definition) is 5. The third-order valence-corrected chi connectivity index (χ3v) is 3.10. The van der Waals surface area contributed by atoms with Crippen LogP contribution in [0.2, 0.25) is 5.15 Å². The first kappa shape index (κ1) is 13.7. The van der Waals surface area contributed by atoms with E-state index in [0.29, 0.717) is 19.7 Å². The Balaban J connectivity index is 2.27. The van der Waals surface area contributed by atoms with E-state index in [1.807, 2.05) is 6.92 Å². The molecule has 1 amide bonds. The summed E-state index contributed by atoms with van der Waals surface area (Å²) in [6.45, 7) is 3.15. The average molecular weight is 286 g/mol. The molecule has 0 spiro atoms. The lowest BCUT2D eigenvalue weighted by molar-refractivity contribution is -0.385. The van der Waals surface area contributed by atoms with Gasteiger partial charge in [0.1, 0.15) is 11.3 Å². The zero-order chi connectivity index (χ0) is 14.0. The smallest absolute Gasteiger partial charge is 0.288 e. The molecule has 0 aromatic carbocycles. The summed E-state index contributed by atoms with van der Waals surface area (Å²) in [6.07, 6.45) is 0.962. The molecule has 0 N–H and O–H groups in total. The number of nitrogens with zero attached hydrogens (tertiary/aromatic N) is 3. The monoisotopic (exact) mass is 285 g/mol. The van der Waals surface area contributed by atoms with Crippen LogP contribution in [0.15, 0.2) is 12.3 Å². The minimum absolute atomic E-state index is 0.0326. The Morgan fingerprint density at radius 3 is 3.05 bits per heavy atom. The van der Waals surface area contributed by atoms with Crippen molar-refractivity contribution in [1.29, 1.82) is 0 Å². The maximum atomic E-state index is 12.3. The molecule has 2 heterocycles. The van der Waals surface area contributed by atoms with Gasteiger partial charge in [-0.2, -0.15) is 0 Å². The van der Waals surface area contributed by atoms with E-state index in [-0.39, 0.29) is 28.4 Å². The van der Waals surface area contributed by atoms with Crippen LogP contribution in [0.1, 0.15) is 17.3 Å². The van der Waals surface area contributed by atoms with Gasteiger partial charge in [0, 0.05) is 19.2 Å². The molecule has 102 valence electrons. The number of halogens is 1. The van der Waals surface area contributed by atoms with Gasteiger partial charge in [-0.1, -0.05) is 11.6 Å². The molecule has 8 heteroatoms. The van der Waals surface area contributed by atoms with Crippen LogP contribution in [0.25, 0.3) is 0 Å². The summed E-state index contributed by atoms with van der Waals surface area (Å²) in [4.78, 5) is 27.6. The van der Waals surface area contributed by atoms with E-state index in [2.05, 4.69) is 4.98 Å². The van der Waals surface area contributed by atoms with E-state index in [4.69, 9.17) is 16.3 Å². The minimum atomic E-state index is -0.609. The van der Waals surface area contributed by atoms with Gasteiger partial charge in [0.25, 0.3) is 11.6 Å². The van der Waals surface area contributed by atoms with E-state index in [1.54, 1.807) is 4.90 Å². The van der Waals surface area contributed by atoms with Crippen molar-refractivity contribution >= 4 is 23.2 Å². The number of nitro groups is 1. The Bertz CT molecular complexity index is 523. The van der Waals surface area contributed by atoms with Gasteiger partial charge in [-0.05, 0) is 6.92 Å². The molecule has 2 rings (SSSR count). The molecule has 1 fully saturated rings. The van der Waals surface area contributed by atoms with Crippen LogP contribution in [0, 0.1) is 10.1 Å². The number of morpholine rings is 1. The molecule has 0 aliphatic carbocycles. The first-order chi connectivity index (χ1) is 8.99. The van der Waals surface area contributed by atoms with Crippen molar-refractivity contribution in [1.82, 2.24) is 9.88 Å². The molecule has 7 nitrogen and oxygen atoms in total. The van der Waals surface area contributed by atoms with Gasteiger partial charge >= 0.3 is 0 Å². The Morgan fingerprint density at radius 2 is 2.42 bits per heavy atom. The van der Waals surface area contributed by atoms with Crippen molar-refractivity contribution in [3.8, 4) is 0 Å². The van der Waals surface area contributed by atoms with Gasteiger partial charge in [0.2, 0.25) is 0 Å². The van der Waals surface area contributed by atoms with Crippen LogP contribution < -0.4 is 0 Å². The summed E-state index contributed by atoms with van der Waals surface area (Å²) in [7, 11) is 0. The zero-order valence-corrected chi connectivity index (χ0v) is 11.0. The highest BCUT2D eigenvalue weighted by Gasteiger charge is 2.26. The summed E-state index contributed by atoms with van der Waals surface area (Å²) in [5.74, 6) is -0.364. The molecule has 1 aromatic rings. The van der Waals surface area contributed by atoms with Crippen molar-refractivity contribution in [2.75, 3.05) is 19.7 Å². The maximum Gasteiger partial charge on any atom is 0.288 e. The second kappa shape index (κ2) is 5.50. The van der Waals surface area contributed by atoms with Gasteiger partial charge in [-0.25, -0.2) is 4.98 Å². The van der Waals surface area contributed by atoms with Gasteiger partial charge in [-0.15, -0.1) is 0 Å². The molecule has 0 radical (unpaired) electrons. The van der Waals surface area contributed by atoms with Crippen molar-refractivity contribution in [2.45, 2.75) is 13.0 Å². The lowest BCUT2D eigenvalue weighted by atomic mass is 10.2. The first-order valence-corrected chi connectivity index (χ1v) is 6.07. The van der Waals surface area contributed by atoms with Crippen molar-refractivity contribution in [2.24, 2.45) is 0 Å². The summed E-state index contributed by atoms with van der Waals surface area (Å²) in [5.41, 5.74) is -0.209. The molecule has 0 saturated carbocycles. The summed E-state index contributed by atoms with van der Waals surface area (Å²) in [6, 6.07) is 1.15. The highest BCUT2D eigenvalue weighted by molar-refractivity contribution is 6.32. The van der Waals surface area contributed by atoms with Crippen LogP contribution in [0.3, 0.4) is 0 Å². The summed E-state index contributed by atoms with van der Waals surface area (Å²) < 4.78 is 5.34. The predicted molar refractivity (Wildman–Crippen MR) is 67.2 cm³/mol. The number of aromatic nitrogens is 1. The topological polar surface area (TPSA) is 85.6 Å². The van der Waals surface area contributed by atoms with Crippen molar-refractivity contribution in [3.05, 3.63) is 33.1 Å². The van der Waals surface area contributed by atoms with Crippen molar-refractivity contribution in [3.63, 3.8) is 0 Å². The molecule has 1 aromatic heterocycles. The number of rotatable bonds is 2. The summed E-state index contributed by atoms with van der Waals surface area (Å²) in [5, 5.41) is 10.7. The van der Waals surface area contributed by atoms with Gasteiger partial charge in [0.05, 0.1) is 23.2 Å². The number of hydrogen-bond donors (Lipinski definition) is 0. The number of amides is 1. The molecule has 1 saturated heterocycles. The second-order valence-corrected chi connectivity index (χ2v) is 4.58. The molecule has 1 atom stereocenters. The molecular weight excluding hydrogens is 274 g/mol. The van der Waals surface area contributed by atoms with E-state index in [1.165, 1.54) is 0 Å².